The van der Waals surface area contributed by atoms with Gasteiger partial charge in [-0.15, -0.1) is 0 Å². The van der Waals surface area contributed by atoms with E-state index in [1.807, 2.05) is 6.07 Å². The lowest BCUT2D eigenvalue weighted by Gasteiger charge is -2.34. The molecule has 0 N–H and O–H groups in total. The minimum absolute atomic E-state index is 0.111. The number of hydrogen-bond acceptors (Lipinski definition) is 2. The highest BCUT2D eigenvalue weighted by atomic mass is 79.9. The molecular formula is C14H20BrFN2. The summed E-state index contributed by atoms with van der Waals surface area (Å²) < 4.78 is 14.6. The Bertz CT molecular complexity index is 415. The predicted octanol–water partition coefficient (Wildman–Crippen LogP) is 3.03. The molecule has 1 aliphatic rings. The van der Waals surface area contributed by atoms with Crippen molar-refractivity contribution in [2.75, 3.05) is 32.7 Å². The van der Waals surface area contributed by atoms with Crippen LogP contribution >= 0.6 is 15.9 Å². The molecule has 0 radical (unpaired) electrons. The molecule has 0 spiro atoms. The number of piperazine rings is 1. The zero-order valence-electron chi connectivity index (χ0n) is 11.0. The fourth-order valence-electron chi connectivity index (χ4n) is 2.31. The van der Waals surface area contributed by atoms with Gasteiger partial charge in [0.25, 0.3) is 0 Å². The highest BCUT2D eigenvalue weighted by molar-refractivity contribution is 9.10. The van der Waals surface area contributed by atoms with Crippen molar-refractivity contribution in [3.63, 3.8) is 0 Å². The zero-order valence-corrected chi connectivity index (χ0v) is 12.6. The van der Waals surface area contributed by atoms with Crippen LogP contribution in [0.15, 0.2) is 16.6 Å². The lowest BCUT2D eigenvalue weighted by Crippen LogP contribution is -2.45. The lowest BCUT2D eigenvalue weighted by molar-refractivity contribution is 0.131. The maximum Gasteiger partial charge on any atom is 0.126 e. The lowest BCUT2D eigenvalue weighted by atomic mass is 10.1. The average molecular weight is 315 g/mol. The van der Waals surface area contributed by atoms with Crippen LogP contribution in [0.2, 0.25) is 0 Å². The van der Waals surface area contributed by atoms with Crippen molar-refractivity contribution in [3.05, 3.63) is 33.5 Å². The number of halogens is 2. The Morgan fingerprint density at radius 1 is 1.17 bits per heavy atom. The quantitative estimate of drug-likeness (QED) is 0.846. The van der Waals surface area contributed by atoms with Crippen molar-refractivity contribution >= 4 is 15.9 Å². The topological polar surface area (TPSA) is 6.48 Å². The molecular weight excluding hydrogens is 295 g/mol. The van der Waals surface area contributed by atoms with Crippen LogP contribution in [0.5, 0.6) is 0 Å². The first-order valence-corrected chi connectivity index (χ1v) is 7.28. The Labute approximate surface area is 117 Å². The van der Waals surface area contributed by atoms with Gasteiger partial charge in [0.2, 0.25) is 0 Å². The van der Waals surface area contributed by atoms with Crippen LogP contribution < -0.4 is 0 Å². The molecule has 1 heterocycles. The predicted molar refractivity (Wildman–Crippen MR) is 76.2 cm³/mol. The molecule has 100 valence electrons. The monoisotopic (exact) mass is 314 g/mol. The molecule has 2 nitrogen and oxygen atoms in total. The van der Waals surface area contributed by atoms with Gasteiger partial charge < -0.3 is 4.90 Å². The summed E-state index contributed by atoms with van der Waals surface area (Å²) >= 11 is 3.53. The summed E-state index contributed by atoms with van der Waals surface area (Å²) in [5.41, 5.74) is 1.74. The Balaban J connectivity index is 2.00. The van der Waals surface area contributed by atoms with Crippen LogP contribution in [0, 0.1) is 12.7 Å². The Hall–Kier alpha value is -0.450. The maximum atomic E-state index is 13.6. The second-order valence-corrected chi connectivity index (χ2v) is 5.76. The molecule has 18 heavy (non-hydrogen) atoms. The smallest absolute Gasteiger partial charge is 0.126 e. The van der Waals surface area contributed by atoms with E-state index in [2.05, 4.69) is 32.7 Å². The van der Waals surface area contributed by atoms with Gasteiger partial charge in [-0.3, -0.25) is 4.90 Å². The minimum atomic E-state index is -0.111. The maximum absolute atomic E-state index is 13.6. The van der Waals surface area contributed by atoms with E-state index < -0.39 is 0 Å². The summed E-state index contributed by atoms with van der Waals surface area (Å²) in [6, 6.07) is 3.53. The molecule has 2 rings (SSSR count). The first kappa shape index (κ1) is 14.0. The first-order valence-electron chi connectivity index (χ1n) is 6.49. The van der Waals surface area contributed by atoms with Crippen LogP contribution in [0.4, 0.5) is 4.39 Å². The molecule has 1 saturated heterocycles. The molecule has 0 unspecified atom stereocenters. The average Bonchev–Trinajstić information content (AvgIpc) is 2.37. The third-order valence-electron chi connectivity index (χ3n) is 3.63. The van der Waals surface area contributed by atoms with Gasteiger partial charge in [0, 0.05) is 37.2 Å². The van der Waals surface area contributed by atoms with Gasteiger partial charge in [0.15, 0.2) is 0 Å². The number of aryl methyl sites for hydroxylation is 1. The van der Waals surface area contributed by atoms with Gasteiger partial charge in [-0.2, -0.15) is 0 Å². The second kappa shape index (κ2) is 6.13. The summed E-state index contributed by atoms with van der Waals surface area (Å²) in [5.74, 6) is -0.111. The third-order valence-corrected chi connectivity index (χ3v) is 4.37. The molecule has 0 aromatic heterocycles. The summed E-state index contributed by atoms with van der Waals surface area (Å²) in [4.78, 5) is 4.84. The molecule has 1 aromatic rings. The number of benzene rings is 1. The van der Waals surface area contributed by atoms with Crippen LogP contribution in [0.25, 0.3) is 0 Å². The normalized spacial score (nSPS) is 18.2. The molecule has 0 saturated carbocycles. The van der Waals surface area contributed by atoms with Crippen molar-refractivity contribution in [1.29, 1.82) is 0 Å². The molecule has 0 aliphatic carbocycles. The number of hydrogen-bond donors (Lipinski definition) is 0. The van der Waals surface area contributed by atoms with E-state index in [9.17, 15) is 4.39 Å². The van der Waals surface area contributed by atoms with Gasteiger partial charge in [-0.25, -0.2) is 4.39 Å². The van der Waals surface area contributed by atoms with E-state index in [1.165, 1.54) is 0 Å². The van der Waals surface area contributed by atoms with Crippen LogP contribution in [-0.4, -0.2) is 42.5 Å². The Morgan fingerprint density at radius 2 is 1.78 bits per heavy atom. The van der Waals surface area contributed by atoms with E-state index in [1.54, 1.807) is 13.0 Å². The van der Waals surface area contributed by atoms with Gasteiger partial charge >= 0.3 is 0 Å². The van der Waals surface area contributed by atoms with E-state index in [-0.39, 0.29) is 5.82 Å². The van der Waals surface area contributed by atoms with Gasteiger partial charge in [0.1, 0.15) is 5.82 Å². The minimum Gasteiger partial charge on any atom is -0.301 e. The molecule has 1 aliphatic heterocycles. The van der Waals surface area contributed by atoms with Crippen molar-refractivity contribution in [1.82, 2.24) is 9.80 Å². The largest absolute Gasteiger partial charge is 0.301 e. The van der Waals surface area contributed by atoms with E-state index in [0.29, 0.717) is 5.56 Å². The van der Waals surface area contributed by atoms with Crippen molar-refractivity contribution in [2.24, 2.45) is 0 Å². The van der Waals surface area contributed by atoms with Gasteiger partial charge in [-0.05, 0) is 36.7 Å². The summed E-state index contributed by atoms with van der Waals surface area (Å²) in [7, 11) is 0. The van der Waals surface area contributed by atoms with E-state index >= 15 is 0 Å². The first-order chi connectivity index (χ1) is 8.60. The van der Waals surface area contributed by atoms with Crippen molar-refractivity contribution < 1.29 is 4.39 Å². The Kier molecular flexibility index (Phi) is 4.76. The zero-order chi connectivity index (χ0) is 13.1. The standard InChI is InChI=1S/C14H20BrFN2/c1-3-17-4-6-18(7-5-17)10-12-9-14(16)11(2)8-13(12)15/h8-9H,3-7,10H2,1-2H3. The summed E-state index contributed by atoms with van der Waals surface area (Å²) in [6.07, 6.45) is 0. The number of nitrogens with zero attached hydrogens (tertiary/aromatic N) is 2. The molecule has 1 aromatic carbocycles. The van der Waals surface area contributed by atoms with Crippen LogP contribution in [-0.2, 0) is 6.54 Å². The van der Waals surface area contributed by atoms with E-state index in [0.717, 1.165) is 49.3 Å². The van der Waals surface area contributed by atoms with Crippen molar-refractivity contribution in [2.45, 2.75) is 20.4 Å². The number of rotatable bonds is 3. The summed E-state index contributed by atoms with van der Waals surface area (Å²) in [6.45, 7) is 10.3. The van der Waals surface area contributed by atoms with Crippen LogP contribution in [0.1, 0.15) is 18.1 Å². The molecule has 0 amide bonds. The fraction of sp³-hybridized carbons (Fsp3) is 0.571. The number of likely N-dealkylation sites (N-methyl/N-ethyl adjacent to an activating group) is 1. The molecule has 0 atom stereocenters. The Morgan fingerprint density at radius 3 is 2.39 bits per heavy atom. The van der Waals surface area contributed by atoms with Gasteiger partial charge in [-0.1, -0.05) is 22.9 Å². The SMILES string of the molecule is CCN1CCN(Cc2cc(F)c(C)cc2Br)CC1. The van der Waals surface area contributed by atoms with Crippen molar-refractivity contribution in [3.8, 4) is 0 Å². The fourth-order valence-corrected chi connectivity index (χ4v) is 2.90. The molecule has 0 bridgehead atoms. The summed E-state index contributed by atoms with van der Waals surface area (Å²) in [5, 5.41) is 0. The van der Waals surface area contributed by atoms with E-state index in [4.69, 9.17) is 0 Å². The third kappa shape index (κ3) is 3.31. The molecule has 4 heteroatoms. The molecule has 1 fully saturated rings. The van der Waals surface area contributed by atoms with Crippen LogP contribution in [0.3, 0.4) is 0 Å². The second-order valence-electron chi connectivity index (χ2n) is 4.90. The van der Waals surface area contributed by atoms with Gasteiger partial charge in [0.05, 0.1) is 0 Å². The highest BCUT2D eigenvalue weighted by Gasteiger charge is 2.17. The highest BCUT2D eigenvalue weighted by Crippen LogP contribution is 2.22.